The molecule has 0 bridgehead atoms. The van der Waals surface area contributed by atoms with E-state index in [4.69, 9.17) is 4.74 Å². The molecule has 29 heavy (non-hydrogen) atoms. The molecule has 1 fully saturated rings. The molecule has 1 aliphatic rings. The van der Waals surface area contributed by atoms with E-state index in [9.17, 15) is 14.4 Å². The van der Waals surface area contributed by atoms with Crippen LogP contribution in [0.15, 0.2) is 17.1 Å². The lowest BCUT2D eigenvalue weighted by molar-refractivity contribution is -0.139. The molecule has 0 aliphatic heterocycles. The molecule has 2 amide bonds. The summed E-state index contributed by atoms with van der Waals surface area (Å²) < 4.78 is 5.15. The quantitative estimate of drug-likeness (QED) is 0.301. The molecule has 1 rings (SSSR count). The Hall–Kier alpha value is -2.14. The number of hydrogen-bond acceptors (Lipinski definition) is 5. The van der Waals surface area contributed by atoms with Crippen molar-refractivity contribution in [2.75, 3.05) is 19.7 Å². The van der Waals surface area contributed by atoms with Gasteiger partial charge in [0, 0.05) is 17.7 Å². The summed E-state index contributed by atoms with van der Waals surface area (Å²) in [5, 5.41) is 3.05. The number of carbonyl (C=O) groups excluding carboxylic acids is 3. The number of aliphatic imine (C=N–C) groups is 1. The third-order valence-electron chi connectivity index (χ3n) is 5.28. The summed E-state index contributed by atoms with van der Waals surface area (Å²) in [6, 6.07) is -0.276. The topological polar surface area (TPSA) is 88.1 Å². The summed E-state index contributed by atoms with van der Waals surface area (Å²) in [5.74, 6) is -0.460. The van der Waals surface area contributed by atoms with Crippen LogP contribution in [0.4, 0.5) is 4.79 Å². The van der Waals surface area contributed by atoms with E-state index in [1.807, 2.05) is 20.8 Å². The minimum Gasteiger partial charge on any atom is -0.460 e. The van der Waals surface area contributed by atoms with Gasteiger partial charge in [0.25, 0.3) is 0 Å². The van der Waals surface area contributed by atoms with Gasteiger partial charge in [-0.1, -0.05) is 27.4 Å². The van der Waals surface area contributed by atoms with Crippen molar-refractivity contribution >= 4 is 18.1 Å². The third-order valence-corrected chi connectivity index (χ3v) is 5.28. The molecule has 1 N–H and O–H groups in total. The number of nitrogens with one attached hydrogen (secondary N) is 1. The molecule has 0 aromatic rings. The van der Waals surface area contributed by atoms with Crippen molar-refractivity contribution in [1.82, 2.24) is 10.2 Å². The van der Waals surface area contributed by atoms with Crippen molar-refractivity contribution in [2.45, 2.75) is 79.3 Å². The summed E-state index contributed by atoms with van der Waals surface area (Å²) in [5.41, 5.74) is -0.240. The highest BCUT2D eigenvalue weighted by Crippen LogP contribution is 2.46. The Morgan fingerprint density at radius 3 is 2.41 bits per heavy atom. The van der Waals surface area contributed by atoms with Crippen LogP contribution in [0.25, 0.3) is 0 Å². The average molecular weight is 408 g/mol. The number of carbonyl (C=O) groups is 2. The van der Waals surface area contributed by atoms with E-state index in [2.05, 4.69) is 37.7 Å². The van der Waals surface area contributed by atoms with Crippen LogP contribution >= 0.6 is 0 Å². The predicted octanol–water partition coefficient (Wildman–Crippen LogP) is 3.84. The largest absolute Gasteiger partial charge is 0.460 e. The summed E-state index contributed by atoms with van der Waals surface area (Å²) >= 11 is 0. The second-order valence-electron chi connectivity index (χ2n) is 10.3. The summed E-state index contributed by atoms with van der Waals surface area (Å²) in [4.78, 5) is 40.9. The Bertz CT molecular complexity index is 674. The van der Waals surface area contributed by atoms with E-state index in [-0.39, 0.29) is 36.1 Å². The lowest BCUT2D eigenvalue weighted by Gasteiger charge is -2.45. The maximum atomic E-state index is 12.9. The van der Waals surface area contributed by atoms with Gasteiger partial charge in [-0.25, -0.2) is 19.4 Å². The molecule has 0 saturated heterocycles. The van der Waals surface area contributed by atoms with Gasteiger partial charge in [-0.2, -0.15) is 0 Å². The number of esters is 1. The number of rotatable bonds is 7. The molecule has 2 atom stereocenters. The molecule has 7 heteroatoms. The molecule has 1 aliphatic carbocycles. The highest BCUT2D eigenvalue weighted by Gasteiger charge is 2.42. The Kier molecular flexibility index (Phi) is 8.22. The van der Waals surface area contributed by atoms with Gasteiger partial charge in [-0.05, 0) is 57.8 Å². The van der Waals surface area contributed by atoms with E-state index in [1.54, 1.807) is 17.9 Å². The second kappa shape index (κ2) is 9.57. The van der Waals surface area contributed by atoms with E-state index >= 15 is 0 Å². The minimum absolute atomic E-state index is 0.0310. The maximum absolute atomic E-state index is 12.9. The highest BCUT2D eigenvalue weighted by atomic mass is 16.5. The maximum Gasteiger partial charge on any atom is 0.333 e. The van der Waals surface area contributed by atoms with Gasteiger partial charge >= 0.3 is 12.0 Å². The van der Waals surface area contributed by atoms with E-state index in [0.29, 0.717) is 12.1 Å². The van der Waals surface area contributed by atoms with Crippen molar-refractivity contribution in [3.05, 3.63) is 12.2 Å². The Morgan fingerprint density at radius 2 is 1.90 bits per heavy atom. The van der Waals surface area contributed by atoms with Gasteiger partial charge in [-0.3, -0.25) is 0 Å². The number of urea groups is 1. The molecular formula is C22H37N3O4. The molecule has 0 spiro atoms. The summed E-state index contributed by atoms with van der Waals surface area (Å²) in [6.45, 7) is 18.3. The van der Waals surface area contributed by atoms with Crippen molar-refractivity contribution in [1.29, 1.82) is 0 Å². The zero-order chi connectivity index (χ0) is 22.5. The number of ether oxygens (including phenoxy) is 1. The first-order chi connectivity index (χ1) is 13.2. The lowest BCUT2D eigenvalue weighted by atomic mass is 9.63. The first-order valence-electron chi connectivity index (χ1n) is 10.1. The fourth-order valence-corrected chi connectivity index (χ4v) is 4.36. The van der Waals surface area contributed by atoms with E-state index in [0.717, 1.165) is 19.3 Å². The summed E-state index contributed by atoms with van der Waals surface area (Å²) in [6.07, 6.45) is 4.19. The summed E-state index contributed by atoms with van der Waals surface area (Å²) in [7, 11) is 0. The van der Waals surface area contributed by atoms with Gasteiger partial charge in [0.2, 0.25) is 6.08 Å². The number of nitrogens with zero attached hydrogens (tertiary/aromatic N) is 2. The molecule has 164 valence electrons. The minimum atomic E-state index is -0.460. The van der Waals surface area contributed by atoms with Crippen molar-refractivity contribution in [3.8, 4) is 0 Å². The fraction of sp³-hybridized carbons (Fsp3) is 0.773. The standard InChI is InChI=1S/C22H37N3O4/c1-16(2)18(27)29-10-9-25(20(3,4)5)19(28)23-14-22(8)12-17(24-15-26)11-21(6,7)13-22/h17H,1,9-14H2,2-8H3,(H,23,28). The second-order valence-corrected chi connectivity index (χ2v) is 10.3. The number of isocyanates is 1. The van der Waals surface area contributed by atoms with Gasteiger partial charge in [0.15, 0.2) is 0 Å². The zero-order valence-electron chi connectivity index (χ0n) is 19.1. The smallest absolute Gasteiger partial charge is 0.333 e. The SMILES string of the molecule is C=C(C)C(=O)OCCN(C(=O)NCC1(C)CC(N=C=O)CC(C)(C)C1)C(C)(C)C. The lowest BCUT2D eigenvalue weighted by Crippen LogP contribution is -2.54. The van der Waals surface area contributed by atoms with E-state index in [1.165, 1.54) is 0 Å². The predicted molar refractivity (Wildman–Crippen MR) is 113 cm³/mol. The molecular weight excluding hydrogens is 370 g/mol. The third kappa shape index (κ3) is 8.01. The Balaban J connectivity index is 2.77. The van der Waals surface area contributed by atoms with Crippen LogP contribution in [0.1, 0.15) is 67.7 Å². The first-order valence-corrected chi connectivity index (χ1v) is 10.1. The number of hydrogen-bond donors (Lipinski definition) is 1. The van der Waals surface area contributed by atoms with Gasteiger partial charge in [-0.15, -0.1) is 0 Å². The van der Waals surface area contributed by atoms with Crippen LogP contribution in [0.3, 0.4) is 0 Å². The molecule has 0 aromatic heterocycles. The van der Waals surface area contributed by atoms with Crippen LogP contribution < -0.4 is 5.32 Å². The van der Waals surface area contributed by atoms with Gasteiger partial charge in [0.05, 0.1) is 12.6 Å². The molecule has 0 radical (unpaired) electrons. The fourth-order valence-electron chi connectivity index (χ4n) is 4.36. The monoisotopic (exact) mass is 407 g/mol. The zero-order valence-corrected chi connectivity index (χ0v) is 19.1. The van der Waals surface area contributed by atoms with Gasteiger partial charge in [0.1, 0.15) is 6.61 Å². The first kappa shape index (κ1) is 24.9. The normalized spacial score (nSPS) is 23.5. The molecule has 2 unspecified atom stereocenters. The van der Waals surface area contributed by atoms with Gasteiger partial charge < -0.3 is 15.0 Å². The van der Waals surface area contributed by atoms with Crippen LogP contribution in [-0.2, 0) is 14.3 Å². The Morgan fingerprint density at radius 1 is 1.28 bits per heavy atom. The molecule has 0 aromatic carbocycles. The molecule has 1 saturated carbocycles. The van der Waals surface area contributed by atoms with Crippen LogP contribution in [0.5, 0.6) is 0 Å². The van der Waals surface area contributed by atoms with Crippen molar-refractivity contribution < 1.29 is 19.1 Å². The molecule has 0 heterocycles. The number of amides is 2. The van der Waals surface area contributed by atoms with E-state index < -0.39 is 11.5 Å². The Labute approximate surface area is 175 Å². The van der Waals surface area contributed by atoms with Crippen molar-refractivity contribution in [2.24, 2.45) is 15.8 Å². The van der Waals surface area contributed by atoms with Crippen molar-refractivity contribution in [3.63, 3.8) is 0 Å². The molecule has 7 nitrogen and oxygen atoms in total. The van der Waals surface area contributed by atoms with Crippen LogP contribution in [0, 0.1) is 10.8 Å². The van der Waals surface area contributed by atoms with Crippen LogP contribution in [-0.4, -0.2) is 54.3 Å². The van der Waals surface area contributed by atoms with Crippen LogP contribution in [0.2, 0.25) is 0 Å². The highest BCUT2D eigenvalue weighted by molar-refractivity contribution is 5.86. The average Bonchev–Trinajstić information content (AvgIpc) is 2.53.